The molecule has 0 bridgehead atoms. The second kappa shape index (κ2) is 10.9. The molecule has 4 heterocycles. The second-order valence-electron chi connectivity index (χ2n) is 7.27. The van der Waals surface area contributed by atoms with Crippen LogP contribution in [-0.4, -0.2) is 87.3 Å². The van der Waals surface area contributed by atoms with Crippen molar-refractivity contribution in [3.8, 4) is 0 Å². The number of hydrogen-bond acceptors (Lipinski definition) is 12. The average Bonchev–Trinajstić information content (AvgIpc) is 3.35. The van der Waals surface area contributed by atoms with E-state index in [0.29, 0.717) is 17.9 Å². The van der Waals surface area contributed by atoms with E-state index in [2.05, 4.69) is 15.5 Å². The Kier molecular flexibility index (Phi) is 8.57. The predicted octanol–water partition coefficient (Wildman–Crippen LogP) is -4.59. The van der Waals surface area contributed by atoms with Gasteiger partial charge in [0, 0.05) is 29.6 Å². The van der Waals surface area contributed by atoms with E-state index in [1.165, 1.54) is 24.3 Å². The summed E-state index contributed by atoms with van der Waals surface area (Å²) in [6, 6.07) is -0.972. The largest absolute Gasteiger partial charge is 1.00 e. The molecule has 0 aromatic carbocycles. The SMILES string of the molecule is CO/N=C(\C(=O)N[C@@H]1C(=O)N2C(C(=O)[O-])=C(SC3CCN(C)C3=O)CS[C@H]12)c1csc(N)n1.[Na+]. The smallest absolute Gasteiger partial charge is 0.543 e. The van der Waals surface area contributed by atoms with E-state index >= 15 is 0 Å². The van der Waals surface area contributed by atoms with Crippen LogP contribution in [0.15, 0.2) is 21.1 Å². The van der Waals surface area contributed by atoms with Crippen molar-refractivity contribution in [2.75, 3.05) is 32.2 Å². The summed E-state index contributed by atoms with van der Waals surface area (Å²) in [6.45, 7) is 0.590. The summed E-state index contributed by atoms with van der Waals surface area (Å²) in [7, 11) is 2.95. The summed E-state index contributed by atoms with van der Waals surface area (Å²) >= 11 is 3.57. The van der Waals surface area contributed by atoms with Gasteiger partial charge < -0.3 is 30.7 Å². The Balaban J connectivity index is 0.00000324. The van der Waals surface area contributed by atoms with Crippen LogP contribution in [0.2, 0.25) is 0 Å². The number of aliphatic carboxylic acids is 1. The van der Waals surface area contributed by atoms with Crippen LogP contribution in [0.1, 0.15) is 12.1 Å². The van der Waals surface area contributed by atoms with E-state index < -0.39 is 34.4 Å². The molecule has 0 radical (unpaired) electrons. The van der Waals surface area contributed by atoms with Crippen molar-refractivity contribution in [2.24, 2.45) is 5.16 Å². The van der Waals surface area contributed by atoms with Crippen molar-refractivity contribution in [1.82, 2.24) is 20.1 Å². The van der Waals surface area contributed by atoms with E-state index in [0.717, 1.165) is 28.0 Å². The van der Waals surface area contributed by atoms with Crippen molar-refractivity contribution in [3.63, 3.8) is 0 Å². The number of carboxylic acids is 1. The number of likely N-dealkylation sites (tertiary alicyclic amines) is 1. The summed E-state index contributed by atoms with van der Waals surface area (Å²) in [6.07, 6.45) is 0.591. The third kappa shape index (κ3) is 4.95. The molecule has 3 N–H and O–H groups in total. The first-order chi connectivity index (χ1) is 15.7. The number of carbonyl (C=O) groups is 4. The molecule has 2 saturated heterocycles. The van der Waals surface area contributed by atoms with Crippen molar-refractivity contribution < 1.29 is 58.7 Å². The van der Waals surface area contributed by atoms with E-state index in [1.54, 1.807) is 11.9 Å². The van der Waals surface area contributed by atoms with E-state index in [4.69, 9.17) is 10.6 Å². The summed E-state index contributed by atoms with van der Waals surface area (Å²) in [5, 5.41) is 18.9. The van der Waals surface area contributed by atoms with Crippen LogP contribution in [0.4, 0.5) is 5.13 Å². The van der Waals surface area contributed by atoms with Gasteiger partial charge in [0.1, 0.15) is 24.2 Å². The molecule has 34 heavy (non-hydrogen) atoms. The molecular weight excluding hydrogens is 515 g/mol. The van der Waals surface area contributed by atoms with E-state index in [-0.39, 0.29) is 63.5 Å². The zero-order valence-corrected chi connectivity index (χ0v) is 22.9. The summed E-state index contributed by atoms with van der Waals surface area (Å²) < 4.78 is 0. The molecule has 3 atom stereocenters. The normalized spacial score (nSPS) is 24.4. The first-order valence-electron chi connectivity index (χ1n) is 9.67. The number of nitrogens with one attached hydrogen (secondary N) is 1. The molecule has 176 valence electrons. The zero-order valence-electron chi connectivity index (χ0n) is 18.5. The number of nitrogens with two attached hydrogens (primary N) is 1. The van der Waals surface area contributed by atoms with Crippen LogP contribution >= 0.6 is 34.9 Å². The minimum atomic E-state index is -1.50. The molecule has 0 aliphatic carbocycles. The molecule has 1 aromatic heterocycles. The van der Waals surface area contributed by atoms with Gasteiger partial charge in [-0.25, -0.2) is 4.98 Å². The number of aromatic nitrogens is 1. The number of hydrogen-bond donors (Lipinski definition) is 2. The van der Waals surface area contributed by atoms with E-state index in [9.17, 15) is 24.3 Å². The number of amides is 3. The maximum Gasteiger partial charge on any atom is 1.00 e. The second-order valence-corrected chi connectivity index (χ2v) is 10.6. The van der Waals surface area contributed by atoms with Crippen LogP contribution in [-0.2, 0) is 24.0 Å². The molecule has 3 aliphatic rings. The van der Waals surface area contributed by atoms with Gasteiger partial charge in [-0.15, -0.1) is 34.9 Å². The Morgan fingerprint density at radius 3 is 2.68 bits per heavy atom. The Morgan fingerprint density at radius 2 is 2.12 bits per heavy atom. The fraction of sp³-hybridized carbons (Fsp3) is 0.444. The number of thioether (sulfide) groups is 2. The number of nitrogens with zero attached hydrogens (tertiary/aromatic N) is 4. The van der Waals surface area contributed by atoms with Gasteiger partial charge in [0.15, 0.2) is 10.8 Å². The number of anilines is 1. The fourth-order valence-corrected chi connectivity index (χ4v) is 7.00. The van der Waals surface area contributed by atoms with Crippen molar-refractivity contribution in [3.05, 3.63) is 21.7 Å². The number of nitrogen functional groups attached to an aromatic ring is 1. The minimum Gasteiger partial charge on any atom is -0.543 e. The van der Waals surface area contributed by atoms with Gasteiger partial charge >= 0.3 is 29.6 Å². The molecule has 0 saturated carbocycles. The fourth-order valence-electron chi connectivity index (χ4n) is 3.64. The quantitative estimate of drug-likeness (QED) is 0.150. The van der Waals surface area contributed by atoms with Crippen molar-refractivity contribution >= 4 is 69.4 Å². The van der Waals surface area contributed by atoms with Crippen molar-refractivity contribution in [1.29, 1.82) is 0 Å². The molecule has 0 spiro atoms. The van der Waals surface area contributed by atoms with Gasteiger partial charge in [0.2, 0.25) is 5.91 Å². The number of rotatable bonds is 7. The Labute approximate surface area is 229 Å². The molecular formula is C18H19N6NaO6S3. The van der Waals surface area contributed by atoms with Crippen molar-refractivity contribution in [2.45, 2.75) is 23.1 Å². The summed E-state index contributed by atoms with van der Waals surface area (Å²) in [5.74, 6) is -2.62. The first-order valence-corrected chi connectivity index (χ1v) is 12.5. The topological polar surface area (TPSA) is 170 Å². The number of thiazole rings is 1. The van der Waals surface area contributed by atoms with Crippen LogP contribution < -0.4 is 45.7 Å². The van der Waals surface area contributed by atoms with Gasteiger partial charge in [-0.3, -0.25) is 19.3 Å². The van der Waals surface area contributed by atoms with Crippen LogP contribution in [0.5, 0.6) is 0 Å². The van der Waals surface area contributed by atoms with Gasteiger partial charge in [0.05, 0.1) is 16.9 Å². The number of carbonyl (C=O) groups excluding carboxylic acids is 4. The Morgan fingerprint density at radius 1 is 1.38 bits per heavy atom. The molecule has 16 heteroatoms. The van der Waals surface area contributed by atoms with Crippen LogP contribution in [0.25, 0.3) is 0 Å². The first kappa shape index (κ1) is 26.8. The zero-order chi connectivity index (χ0) is 23.9. The van der Waals surface area contributed by atoms with Crippen LogP contribution in [0.3, 0.4) is 0 Å². The number of fused-ring (bicyclic) bond motifs is 1. The maximum absolute atomic E-state index is 12.9. The summed E-state index contributed by atoms with van der Waals surface area (Å²) in [4.78, 5) is 61.6. The third-order valence-corrected chi connectivity index (χ3v) is 8.72. The Hall–Kier alpha value is -1.78. The van der Waals surface area contributed by atoms with Gasteiger partial charge in [0.25, 0.3) is 11.8 Å². The molecule has 3 aliphatic heterocycles. The van der Waals surface area contributed by atoms with E-state index in [1.807, 2.05) is 0 Å². The Bertz CT molecular complexity index is 1090. The molecule has 2 fully saturated rings. The number of carboxylic acid groups (broad SMARTS) is 1. The van der Waals surface area contributed by atoms with Gasteiger partial charge in [-0.2, -0.15) is 0 Å². The minimum absolute atomic E-state index is 0. The predicted molar refractivity (Wildman–Crippen MR) is 121 cm³/mol. The molecule has 12 nitrogen and oxygen atoms in total. The molecule has 3 amide bonds. The molecule has 4 rings (SSSR count). The number of oxime groups is 1. The maximum atomic E-state index is 12.9. The van der Waals surface area contributed by atoms with Gasteiger partial charge in [-0.05, 0) is 6.42 Å². The standard InChI is InChI=1S/C18H20N6O6S3.Na/c1-23-4-3-8(14(23)26)33-9-6-31-16-11(15(27)24(16)12(9)17(28)29)21-13(25)10(22-30-2)7-5-32-18(19)20-7;/h5,8,11,16H,3-4,6H2,1-2H3,(H2,19,20)(H,21,25)(H,28,29);/q;+1/p-1/b22-10-;/t8?,11-,16-;/m1./s1. The number of β-lactam (4-membered cyclic amide) rings is 1. The van der Waals surface area contributed by atoms with Crippen LogP contribution in [0, 0.1) is 0 Å². The van der Waals surface area contributed by atoms with Gasteiger partial charge in [-0.1, -0.05) is 5.16 Å². The molecule has 1 aromatic rings. The third-order valence-electron chi connectivity index (χ3n) is 5.24. The molecule has 1 unspecified atom stereocenters. The monoisotopic (exact) mass is 534 g/mol. The summed E-state index contributed by atoms with van der Waals surface area (Å²) in [5.41, 5.74) is 5.40. The average molecular weight is 535 g/mol.